The van der Waals surface area contributed by atoms with Crippen LogP contribution in [-0.4, -0.2) is 104 Å². The summed E-state index contributed by atoms with van der Waals surface area (Å²) in [7, 11) is 1.29. The number of alkyl carbamates (subject to hydrolysis) is 1. The molecule has 5 heterocycles. The third-order valence-electron chi connectivity index (χ3n) is 11.0. The first-order valence-corrected chi connectivity index (χ1v) is 19.7. The van der Waals surface area contributed by atoms with E-state index in [2.05, 4.69) is 37.1 Å². The highest BCUT2D eigenvalue weighted by Crippen LogP contribution is 2.35. The number of aromatic amines is 2. The van der Waals surface area contributed by atoms with Gasteiger partial charge in [-0.1, -0.05) is 63.8 Å². The Morgan fingerprint density at radius 2 is 1.28 bits per heavy atom. The van der Waals surface area contributed by atoms with Gasteiger partial charge in [0.2, 0.25) is 11.8 Å². The van der Waals surface area contributed by atoms with Crippen molar-refractivity contribution in [3.8, 4) is 34.4 Å². The number of H-pyrrole nitrogens is 2. The van der Waals surface area contributed by atoms with E-state index in [0.29, 0.717) is 32.1 Å². The summed E-state index contributed by atoms with van der Waals surface area (Å²) < 4.78 is 9.89. The Morgan fingerprint density at radius 1 is 0.772 bits per heavy atom. The second-order valence-electron chi connectivity index (χ2n) is 15.5. The van der Waals surface area contributed by atoms with E-state index in [9.17, 15) is 19.2 Å². The lowest BCUT2D eigenvalue weighted by molar-refractivity contribution is -0.138. The average molecular weight is 775 g/mol. The zero-order valence-corrected chi connectivity index (χ0v) is 33.1. The third-order valence-corrected chi connectivity index (χ3v) is 11.0. The van der Waals surface area contributed by atoms with E-state index in [1.165, 1.54) is 7.11 Å². The fraction of sp³-hybridized carbons (Fsp3) is 0.442. The molecule has 0 bridgehead atoms. The van der Waals surface area contributed by atoms with Gasteiger partial charge in [0.05, 0.1) is 49.5 Å². The predicted molar refractivity (Wildman–Crippen MR) is 212 cm³/mol. The summed E-state index contributed by atoms with van der Waals surface area (Å²) in [5.41, 5.74) is 5.34. The van der Waals surface area contributed by atoms with Crippen molar-refractivity contribution in [2.45, 2.75) is 77.5 Å². The van der Waals surface area contributed by atoms with E-state index in [0.717, 1.165) is 65.1 Å². The molecular formula is C43H50N8O6. The molecule has 7 rings (SSSR count). The Morgan fingerprint density at radius 3 is 1.72 bits per heavy atom. The molecule has 298 valence electrons. The van der Waals surface area contributed by atoms with Crippen LogP contribution in [-0.2, 0) is 19.1 Å². The fourth-order valence-corrected chi connectivity index (χ4v) is 8.03. The molecule has 0 saturated carbocycles. The van der Waals surface area contributed by atoms with Crippen LogP contribution in [0.2, 0.25) is 0 Å². The molecule has 0 unspecified atom stereocenters. The summed E-state index contributed by atoms with van der Waals surface area (Å²) in [6.45, 7) is 9.65. The summed E-state index contributed by atoms with van der Waals surface area (Å²) in [6, 6.07) is 14.2. The van der Waals surface area contributed by atoms with Crippen LogP contribution in [0.15, 0.2) is 60.9 Å². The lowest BCUT2D eigenvalue weighted by atomic mass is 10.0. The summed E-state index contributed by atoms with van der Waals surface area (Å²) >= 11 is 0. The molecule has 3 fully saturated rings. The first-order chi connectivity index (χ1) is 27.5. The van der Waals surface area contributed by atoms with Gasteiger partial charge in [-0.05, 0) is 72.9 Å². The van der Waals surface area contributed by atoms with Gasteiger partial charge in [0.25, 0.3) is 0 Å². The molecule has 4 amide bonds. The van der Waals surface area contributed by atoms with Crippen molar-refractivity contribution in [3.05, 3.63) is 83.7 Å². The minimum absolute atomic E-state index is 0.0494. The molecule has 14 nitrogen and oxygen atoms in total. The van der Waals surface area contributed by atoms with E-state index in [1.54, 1.807) is 22.2 Å². The van der Waals surface area contributed by atoms with Crippen LogP contribution in [0, 0.1) is 23.7 Å². The van der Waals surface area contributed by atoms with Crippen molar-refractivity contribution >= 4 is 24.0 Å². The second kappa shape index (κ2) is 17.0. The number of ether oxygens (including phenoxy) is 2. The maximum absolute atomic E-state index is 13.8. The molecule has 2 aromatic carbocycles. The zero-order chi connectivity index (χ0) is 40.2. The van der Waals surface area contributed by atoms with Gasteiger partial charge >= 0.3 is 12.2 Å². The van der Waals surface area contributed by atoms with Gasteiger partial charge in [0.1, 0.15) is 30.3 Å². The molecule has 3 aliphatic heterocycles. The molecule has 2 aromatic heterocycles. The van der Waals surface area contributed by atoms with Crippen LogP contribution in [0.1, 0.15) is 88.2 Å². The van der Waals surface area contributed by atoms with Crippen molar-refractivity contribution in [1.29, 1.82) is 0 Å². The predicted octanol–water partition coefficient (Wildman–Crippen LogP) is 6.05. The second-order valence-corrected chi connectivity index (χ2v) is 15.5. The van der Waals surface area contributed by atoms with Crippen molar-refractivity contribution in [2.75, 3.05) is 33.4 Å². The number of carbonyl (C=O) groups is 4. The van der Waals surface area contributed by atoms with Gasteiger partial charge in [-0.3, -0.25) is 14.5 Å². The van der Waals surface area contributed by atoms with Crippen LogP contribution >= 0.6 is 0 Å². The van der Waals surface area contributed by atoms with Gasteiger partial charge in [0, 0.05) is 24.2 Å². The number of cyclic esters (lactones) is 1. The van der Waals surface area contributed by atoms with Crippen molar-refractivity contribution in [1.82, 2.24) is 40.0 Å². The molecule has 0 aliphatic carbocycles. The number of imidazole rings is 2. The van der Waals surface area contributed by atoms with Gasteiger partial charge in [-0.15, -0.1) is 0 Å². The molecule has 0 radical (unpaired) electrons. The highest BCUT2D eigenvalue weighted by Gasteiger charge is 2.43. The Balaban J connectivity index is 0.974. The summed E-state index contributed by atoms with van der Waals surface area (Å²) in [5, 5.41) is 2.69. The number of methoxy groups -OCH3 is 1. The molecule has 4 atom stereocenters. The minimum atomic E-state index is -0.688. The van der Waals surface area contributed by atoms with E-state index >= 15 is 0 Å². The molecular weight excluding hydrogens is 725 g/mol. The van der Waals surface area contributed by atoms with Crippen LogP contribution in [0.4, 0.5) is 9.59 Å². The Hall–Kier alpha value is -6.10. The number of rotatable bonds is 10. The molecule has 0 spiro atoms. The first-order valence-electron chi connectivity index (χ1n) is 19.7. The number of nitrogens with zero attached hydrogens (tertiary/aromatic N) is 5. The number of nitrogens with one attached hydrogen (secondary N) is 3. The number of benzene rings is 2. The molecule has 3 N–H and O–H groups in total. The number of hydrogen-bond acceptors (Lipinski definition) is 8. The van der Waals surface area contributed by atoms with Crippen molar-refractivity contribution < 1.29 is 28.7 Å². The summed E-state index contributed by atoms with van der Waals surface area (Å²) in [6.07, 6.45) is 5.82. The van der Waals surface area contributed by atoms with E-state index in [-0.39, 0.29) is 35.7 Å². The maximum atomic E-state index is 13.8. The summed E-state index contributed by atoms with van der Waals surface area (Å²) in [5.74, 6) is 7.60. The number of likely N-dealkylation sites (tertiary alicyclic amines) is 2. The highest BCUT2D eigenvalue weighted by molar-refractivity contribution is 5.87. The average Bonchev–Trinajstić information content (AvgIpc) is 4.06. The van der Waals surface area contributed by atoms with Crippen molar-refractivity contribution in [2.24, 2.45) is 11.8 Å². The molecule has 14 heteroatoms. The monoisotopic (exact) mass is 774 g/mol. The molecule has 3 saturated heterocycles. The lowest BCUT2D eigenvalue weighted by Crippen LogP contribution is -2.51. The van der Waals surface area contributed by atoms with Crippen LogP contribution in [0.25, 0.3) is 22.5 Å². The fourth-order valence-electron chi connectivity index (χ4n) is 8.03. The largest absolute Gasteiger partial charge is 0.453 e. The Labute approximate surface area is 332 Å². The van der Waals surface area contributed by atoms with E-state index < -0.39 is 24.3 Å². The van der Waals surface area contributed by atoms with Gasteiger partial charge in [-0.2, -0.15) is 0 Å². The van der Waals surface area contributed by atoms with Gasteiger partial charge in [-0.25, -0.2) is 19.6 Å². The third kappa shape index (κ3) is 8.38. The van der Waals surface area contributed by atoms with Crippen LogP contribution < -0.4 is 5.32 Å². The number of amides is 4. The molecule has 3 aliphatic rings. The SMILES string of the molecule is COC(=O)N[C@H](C(=O)N1CCC[C@H]1c1ncc(-c2ccc(C#Cc3ccc(-c4cnc([C@@H]5CCCN5C(=O)[C@H](C(C)C)N5CCOC5=O)[nH]4)cc3)cc2)[nH]1)C(C)C. The highest BCUT2D eigenvalue weighted by atomic mass is 16.6. The Bertz CT molecular complexity index is 2150. The van der Waals surface area contributed by atoms with E-state index in [4.69, 9.17) is 9.47 Å². The number of carbonyl (C=O) groups excluding carboxylic acids is 4. The van der Waals surface area contributed by atoms with Crippen molar-refractivity contribution in [3.63, 3.8) is 0 Å². The summed E-state index contributed by atoms with van der Waals surface area (Å²) in [4.78, 5) is 73.0. The molecule has 4 aromatic rings. The van der Waals surface area contributed by atoms with Crippen LogP contribution in [0.3, 0.4) is 0 Å². The molecule has 57 heavy (non-hydrogen) atoms. The van der Waals surface area contributed by atoms with Gasteiger partial charge < -0.3 is 34.6 Å². The zero-order valence-electron chi connectivity index (χ0n) is 33.1. The maximum Gasteiger partial charge on any atom is 0.410 e. The van der Waals surface area contributed by atoms with Gasteiger partial charge in [0.15, 0.2) is 0 Å². The lowest BCUT2D eigenvalue weighted by Gasteiger charge is -2.33. The minimum Gasteiger partial charge on any atom is -0.453 e. The Kier molecular flexibility index (Phi) is 11.6. The topological polar surface area (TPSA) is 166 Å². The standard InChI is InChI=1S/C43H50N8O6/c1-26(2)36(48-42(54)56-5)40(52)49-20-6-8-34(49)38-44-24-32(46-38)30-16-12-28(13-17-30)10-11-29-14-18-31(19-15-29)33-25-45-39(47-33)35-9-7-21-50(35)41(53)37(27(3)4)51-22-23-57-43(51)55/h12-19,24-27,34-37H,6-9,20-23H2,1-5H3,(H,44,46)(H,45,47)(H,48,54)/t34-,35-,36-,37-/m0/s1. The normalized spacial score (nSPS) is 19.1. The van der Waals surface area contributed by atoms with Crippen LogP contribution in [0.5, 0.6) is 0 Å². The van der Waals surface area contributed by atoms with E-state index in [1.807, 2.05) is 81.1 Å². The number of aromatic nitrogens is 4. The first kappa shape index (κ1) is 39.1. The number of hydrogen-bond donors (Lipinski definition) is 3. The quantitative estimate of drug-likeness (QED) is 0.164. The smallest absolute Gasteiger partial charge is 0.410 e.